The van der Waals surface area contributed by atoms with Gasteiger partial charge in [-0.15, -0.1) is 0 Å². The lowest BCUT2D eigenvalue weighted by molar-refractivity contribution is -0.137. The van der Waals surface area contributed by atoms with Crippen molar-refractivity contribution < 1.29 is 19.1 Å². The number of nitrogens with zero attached hydrogens (tertiary/aromatic N) is 1. The summed E-state index contributed by atoms with van der Waals surface area (Å²) in [7, 11) is 2.69. The Morgan fingerprint density at radius 2 is 1.34 bits per heavy atom. The number of esters is 2. The molecule has 0 aliphatic carbocycles. The zero-order valence-electron chi connectivity index (χ0n) is 16.9. The third-order valence-corrected chi connectivity index (χ3v) is 4.91. The molecule has 0 saturated heterocycles. The van der Waals surface area contributed by atoms with Crippen LogP contribution >= 0.6 is 0 Å². The quantitative estimate of drug-likeness (QED) is 0.688. The molecule has 29 heavy (non-hydrogen) atoms. The van der Waals surface area contributed by atoms with Crippen molar-refractivity contribution in [1.82, 2.24) is 4.90 Å². The maximum Gasteiger partial charge on any atom is 0.336 e. The molecule has 2 aromatic rings. The molecule has 0 bridgehead atoms. The molecule has 0 spiro atoms. The van der Waals surface area contributed by atoms with Gasteiger partial charge in [0.15, 0.2) is 0 Å². The molecule has 0 saturated carbocycles. The van der Waals surface area contributed by atoms with Gasteiger partial charge in [-0.05, 0) is 23.1 Å². The summed E-state index contributed by atoms with van der Waals surface area (Å²) in [5.41, 5.74) is 3.82. The van der Waals surface area contributed by atoms with Crippen LogP contribution in [0.4, 0.5) is 0 Å². The first kappa shape index (κ1) is 20.4. The standard InChI is InChI=1S/C24H25NO4/c1-4-14-25-15-20(23(26)28-2)22(21(16-25)24(27)29-3)19-12-10-18(11-13-19)17-8-6-5-7-9-17/h5-13,15-16,22H,4,14H2,1-3H3. The van der Waals surface area contributed by atoms with Gasteiger partial charge in [-0.25, -0.2) is 9.59 Å². The van der Waals surface area contributed by atoms with Gasteiger partial charge in [0, 0.05) is 18.9 Å². The summed E-state index contributed by atoms with van der Waals surface area (Å²) in [5.74, 6) is -1.47. The summed E-state index contributed by atoms with van der Waals surface area (Å²) >= 11 is 0. The first-order chi connectivity index (χ1) is 14.1. The van der Waals surface area contributed by atoms with Crippen LogP contribution in [0.25, 0.3) is 11.1 Å². The first-order valence-electron chi connectivity index (χ1n) is 9.60. The molecule has 1 heterocycles. The highest BCUT2D eigenvalue weighted by atomic mass is 16.5. The minimum Gasteiger partial charge on any atom is -0.466 e. The minimum atomic E-state index is -0.548. The monoisotopic (exact) mass is 391 g/mol. The molecule has 3 rings (SSSR count). The largest absolute Gasteiger partial charge is 0.466 e. The van der Waals surface area contributed by atoms with Gasteiger partial charge in [0.2, 0.25) is 0 Å². The van der Waals surface area contributed by atoms with E-state index < -0.39 is 17.9 Å². The second-order valence-electron chi connectivity index (χ2n) is 6.81. The highest BCUT2D eigenvalue weighted by Gasteiger charge is 2.35. The summed E-state index contributed by atoms with van der Waals surface area (Å²) in [6, 6.07) is 17.9. The van der Waals surface area contributed by atoms with Crippen LogP contribution in [0, 0.1) is 0 Å². The molecular formula is C24H25NO4. The molecule has 2 aromatic carbocycles. The summed E-state index contributed by atoms with van der Waals surface area (Å²) < 4.78 is 10.0. The lowest BCUT2D eigenvalue weighted by atomic mass is 9.82. The topological polar surface area (TPSA) is 55.8 Å². The van der Waals surface area contributed by atoms with Gasteiger partial charge in [0.1, 0.15) is 0 Å². The number of hydrogen-bond acceptors (Lipinski definition) is 5. The average Bonchev–Trinajstić information content (AvgIpc) is 2.78. The zero-order chi connectivity index (χ0) is 20.8. The number of benzene rings is 2. The van der Waals surface area contributed by atoms with Crippen LogP contribution < -0.4 is 0 Å². The summed E-state index contributed by atoms with van der Waals surface area (Å²) in [6.07, 6.45) is 4.39. The minimum absolute atomic E-state index is 0.413. The summed E-state index contributed by atoms with van der Waals surface area (Å²) in [4.78, 5) is 26.9. The lowest BCUT2D eigenvalue weighted by Crippen LogP contribution is -2.29. The van der Waals surface area contributed by atoms with Gasteiger partial charge < -0.3 is 14.4 Å². The Hall–Kier alpha value is -3.34. The third kappa shape index (κ3) is 4.40. The van der Waals surface area contributed by atoms with Crippen molar-refractivity contribution in [2.45, 2.75) is 19.3 Å². The molecule has 0 unspecified atom stereocenters. The van der Waals surface area contributed by atoms with Gasteiger partial charge in [-0.3, -0.25) is 0 Å². The zero-order valence-corrected chi connectivity index (χ0v) is 16.9. The van der Waals surface area contributed by atoms with Gasteiger partial charge in [-0.1, -0.05) is 61.5 Å². The Bertz CT molecular complexity index is 895. The molecule has 0 amide bonds. The van der Waals surface area contributed by atoms with Crippen molar-refractivity contribution >= 4 is 11.9 Å². The molecule has 1 aliphatic rings. The van der Waals surface area contributed by atoms with Crippen molar-refractivity contribution in [3.63, 3.8) is 0 Å². The maximum absolute atomic E-state index is 12.5. The van der Waals surface area contributed by atoms with E-state index in [0.717, 1.165) is 23.1 Å². The fourth-order valence-electron chi connectivity index (χ4n) is 3.53. The number of methoxy groups -OCH3 is 2. The number of rotatable bonds is 6. The van der Waals surface area contributed by atoms with Crippen molar-refractivity contribution in [2.75, 3.05) is 20.8 Å². The van der Waals surface area contributed by atoms with Crippen molar-refractivity contribution in [1.29, 1.82) is 0 Å². The average molecular weight is 391 g/mol. The lowest BCUT2D eigenvalue weighted by Gasteiger charge is -2.30. The molecule has 0 N–H and O–H groups in total. The third-order valence-electron chi connectivity index (χ3n) is 4.91. The maximum atomic E-state index is 12.5. The Kier molecular flexibility index (Phi) is 6.50. The molecule has 0 atom stereocenters. The molecule has 0 fully saturated rings. The van der Waals surface area contributed by atoms with Crippen LogP contribution in [0.15, 0.2) is 78.1 Å². The Morgan fingerprint density at radius 1 is 0.828 bits per heavy atom. The van der Waals surface area contributed by atoms with Gasteiger partial charge in [0.25, 0.3) is 0 Å². The van der Waals surface area contributed by atoms with Crippen LogP contribution in [0.5, 0.6) is 0 Å². The molecule has 1 aliphatic heterocycles. The molecule has 0 aromatic heterocycles. The van der Waals surface area contributed by atoms with Crippen LogP contribution in [0.2, 0.25) is 0 Å². The summed E-state index contributed by atoms with van der Waals surface area (Å²) in [5, 5.41) is 0. The normalized spacial score (nSPS) is 14.1. The van der Waals surface area contributed by atoms with Gasteiger partial charge in [-0.2, -0.15) is 0 Å². The highest BCUT2D eigenvalue weighted by Crippen LogP contribution is 2.37. The first-order valence-corrected chi connectivity index (χ1v) is 9.60. The second-order valence-corrected chi connectivity index (χ2v) is 6.81. The SMILES string of the molecule is CCCN1C=C(C(=O)OC)C(c2ccc(-c3ccccc3)cc2)C(C(=O)OC)=C1. The number of ether oxygens (including phenoxy) is 2. The van der Waals surface area contributed by atoms with Crippen molar-refractivity contribution in [3.8, 4) is 11.1 Å². The summed E-state index contributed by atoms with van der Waals surface area (Å²) in [6.45, 7) is 2.71. The molecule has 5 heteroatoms. The van der Waals surface area contributed by atoms with Crippen LogP contribution in [-0.2, 0) is 19.1 Å². The van der Waals surface area contributed by atoms with E-state index in [4.69, 9.17) is 9.47 Å². The number of carbonyl (C=O) groups is 2. The predicted octanol–water partition coefficient (Wildman–Crippen LogP) is 4.28. The molecule has 5 nitrogen and oxygen atoms in total. The van der Waals surface area contributed by atoms with Gasteiger partial charge >= 0.3 is 11.9 Å². The van der Waals surface area contributed by atoms with E-state index >= 15 is 0 Å². The molecule has 150 valence electrons. The predicted molar refractivity (Wildman–Crippen MR) is 112 cm³/mol. The van der Waals surface area contributed by atoms with Crippen molar-refractivity contribution in [3.05, 3.63) is 83.7 Å². The Balaban J connectivity index is 2.04. The van der Waals surface area contributed by atoms with Gasteiger partial charge in [0.05, 0.1) is 31.3 Å². The fourth-order valence-corrected chi connectivity index (χ4v) is 3.53. The van der Waals surface area contributed by atoms with E-state index in [1.807, 2.05) is 66.4 Å². The smallest absolute Gasteiger partial charge is 0.336 e. The molecular weight excluding hydrogens is 366 g/mol. The molecule has 0 radical (unpaired) electrons. The van der Waals surface area contributed by atoms with E-state index in [2.05, 4.69) is 0 Å². The van der Waals surface area contributed by atoms with E-state index in [1.165, 1.54) is 14.2 Å². The Morgan fingerprint density at radius 3 is 1.83 bits per heavy atom. The number of carbonyl (C=O) groups excluding carboxylic acids is 2. The second kappa shape index (κ2) is 9.24. The van der Waals surface area contributed by atoms with E-state index in [0.29, 0.717) is 17.7 Å². The number of hydrogen-bond donors (Lipinski definition) is 0. The van der Waals surface area contributed by atoms with Crippen molar-refractivity contribution in [2.24, 2.45) is 0 Å². The highest BCUT2D eigenvalue weighted by molar-refractivity contribution is 5.98. The fraction of sp³-hybridized carbons (Fsp3) is 0.250. The van der Waals surface area contributed by atoms with Crippen LogP contribution in [-0.4, -0.2) is 37.6 Å². The van der Waals surface area contributed by atoms with E-state index in [1.54, 1.807) is 12.4 Å². The van der Waals surface area contributed by atoms with E-state index in [-0.39, 0.29) is 0 Å². The van der Waals surface area contributed by atoms with E-state index in [9.17, 15) is 9.59 Å². The van der Waals surface area contributed by atoms with Crippen LogP contribution in [0.3, 0.4) is 0 Å². The Labute approximate surface area is 171 Å². The van der Waals surface area contributed by atoms with Crippen LogP contribution in [0.1, 0.15) is 24.8 Å².